The van der Waals surface area contributed by atoms with Gasteiger partial charge in [-0.25, -0.2) is 4.98 Å². The van der Waals surface area contributed by atoms with Gasteiger partial charge in [0.2, 0.25) is 5.88 Å². The highest BCUT2D eigenvalue weighted by Gasteiger charge is 2.26. The summed E-state index contributed by atoms with van der Waals surface area (Å²) in [6, 6.07) is 3.95. The van der Waals surface area contributed by atoms with Crippen LogP contribution in [-0.4, -0.2) is 10.6 Å². The summed E-state index contributed by atoms with van der Waals surface area (Å²) in [7, 11) is 0. The van der Waals surface area contributed by atoms with E-state index in [1.165, 1.54) is 0 Å². The minimum absolute atomic E-state index is 0.0959. The van der Waals surface area contributed by atoms with Crippen LogP contribution in [0.1, 0.15) is 25.8 Å². The average Bonchev–Trinajstić information content (AvgIpc) is 2.02. The summed E-state index contributed by atoms with van der Waals surface area (Å²) in [4.78, 5) is 4.16. The van der Waals surface area contributed by atoms with Crippen LogP contribution in [0.2, 0.25) is 0 Å². The van der Waals surface area contributed by atoms with Crippen molar-refractivity contribution in [1.82, 2.24) is 4.98 Å². The van der Waals surface area contributed by atoms with Crippen LogP contribution in [0.25, 0.3) is 0 Å². The molecule has 0 atom stereocenters. The van der Waals surface area contributed by atoms with Crippen molar-refractivity contribution in [2.24, 2.45) is 0 Å². The van der Waals surface area contributed by atoms with Gasteiger partial charge in [0.05, 0.1) is 0 Å². The third kappa shape index (κ3) is 1.29. The molecule has 1 aliphatic heterocycles. The number of rotatable bonds is 0. The zero-order chi connectivity index (χ0) is 8.60. The number of nitrogens with zero attached hydrogens (tertiary/aromatic N) is 1. The molecule has 2 heteroatoms. The van der Waals surface area contributed by atoms with Gasteiger partial charge >= 0.3 is 0 Å². The van der Waals surface area contributed by atoms with Crippen LogP contribution < -0.4 is 4.74 Å². The van der Waals surface area contributed by atoms with Crippen molar-refractivity contribution in [3.8, 4) is 5.88 Å². The van der Waals surface area contributed by atoms with Crippen molar-refractivity contribution in [2.75, 3.05) is 0 Å². The molecule has 1 aliphatic rings. The zero-order valence-electron chi connectivity index (χ0n) is 7.37. The molecule has 0 saturated heterocycles. The molecule has 0 N–H and O–H groups in total. The molecular weight excluding hydrogens is 150 g/mol. The summed E-state index contributed by atoms with van der Waals surface area (Å²) < 4.78 is 5.68. The highest BCUT2D eigenvalue weighted by atomic mass is 16.5. The second-order valence-corrected chi connectivity index (χ2v) is 3.67. The summed E-state index contributed by atoms with van der Waals surface area (Å²) in [5, 5.41) is 0. The van der Waals surface area contributed by atoms with Crippen LogP contribution in [0.3, 0.4) is 0 Å². The van der Waals surface area contributed by atoms with Gasteiger partial charge in [-0.05, 0) is 26.3 Å². The van der Waals surface area contributed by atoms with Crippen molar-refractivity contribution in [2.45, 2.75) is 25.9 Å². The first kappa shape index (κ1) is 7.59. The lowest BCUT2D eigenvalue weighted by atomic mass is 9.96. The normalized spacial score (nSPS) is 19.5. The van der Waals surface area contributed by atoms with Crippen LogP contribution in [-0.2, 0) is 0 Å². The summed E-state index contributed by atoms with van der Waals surface area (Å²) in [5.41, 5.74) is 1.01. The molecule has 2 heterocycles. The van der Waals surface area contributed by atoms with E-state index in [0.29, 0.717) is 0 Å². The van der Waals surface area contributed by atoms with E-state index in [-0.39, 0.29) is 5.60 Å². The Balaban J connectivity index is 2.35. The maximum absolute atomic E-state index is 5.68. The van der Waals surface area contributed by atoms with Crippen molar-refractivity contribution in [3.05, 3.63) is 30.3 Å². The van der Waals surface area contributed by atoms with Gasteiger partial charge in [0.1, 0.15) is 5.60 Å². The molecule has 0 aromatic carbocycles. The standard InChI is InChI=1S/C10H12NO/c1-10(2)6-5-8-4-3-7-11-9(8)12-10/h3-5,7H,6H2,1-2H3. The lowest BCUT2D eigenvalue weighted by molar-refractivity contribution is 0.0922. The minimum atomic E-state index is -0.0959. The van der Waals surface area contributed by atoms with Gasteiger partial charge in [0, 0.05) is 18.2 Å². The highest BCUT2D eigenvalue weighted by molar-refractivity contribution is 5.35. The molecular formula is C10H12NO. The fourth-order valence-corrected chi connectivity index (χ4v) is 1.30. The summed E-state index contributed by atoms with van der Waals surface area (Å²) in [6.07, 6.45) is 4.88. The second-order valence-electron chi connectivity index (χ2n) is 3.67. The molecule has 1 aromatic rings. The van der Waals surface area contributed by atoms with Crippen molar-refractivity contribution in [1.29, 1.82) is 0 Å². The highest BCUT2D eigenvalue weighted by Crippen LogP contribution is 2.31. The lowest BCUT2D eigenvalue weighted by Gasteiger charge is -2.30. The van der Waals surface area contributed by atoms with Gasteiger partial charge in [-0.1, -0.05) is 6.07 Å². The largest absolute Gasteiger partial charge is 0.471 e. The fraction of sp³-hybridized carbons (Fsp3) is 0.400. The van der Waals surface area contributed by atoms with Gasteiger partial charge in [0.15, 0.2) is 0 Å². The molecule has 0 amide bonds. The van der Waals surface area contributed by atoms with Gasteiger partial charge in [-0.15, -0.1) is 0 Å². The van der Waals surface area contributed by atoms with Crippen LogP contribution >= 0.6 is 0 Å². The van der Waals surface area contributed by atoms with Crippen LogP contribution in [0.5, 0.6) is 5.88 Å². The number of pyridine rings is 1. The van der Waals surface area contributed by atoms with E-state index < -0.39 is 0 Å². The Morgan fingerprint density at radius 3 is 3.17 bits per heavy atom. The maximum atomic E-state index is 5.68. The number of aromatic nitrogens is 1. The molecule has 1 aromatic heterocycles. The Hall–Kier alpha value is -1.05. The predicted octanol–water partition coefficient (Wildman–Crippen LogP) is 2.20. The van der Waals surface area contributed by atoms with Crippen LogP contribution in [0.15, 0.2) is 18.3 Å². The van der Waals surface area contributed by atoms with Crippen molar-refractivity contribution in [3.63, 3.8) is 0 Å². The Kier molecular flexibility index (Phi) is 1.56. The molecule has 0 saturated carbocycles. The van der Waals surface area contributed by atoms with Gasteiger partial charge in [0.25, 0.3) is 0 Å². The van der Waals surface area contributed by atoms with Crippen LogP contribution in [0.4, 0.5) is 0 Å². The monoisotopic (exact) mass is 162 g/mol. The molecule has 0 fully saturated rings. The van der Waals surface area contributed by atoms with Crippen molar-refractivity contribution < 1.29 is 4.74 Å². The third-order valence-corrected chi connectivity index (χ3v) is 1.99. The molecule has 2 nitrogen and oxygen atoms in total. The van der Waals surface area contributed by atoms with E-state index >= 15 is 0 Å². The zero-order valence-corrected chi connectivity index (χ0v) is 7.37. The predicted molar refractivity (Wildman–Crippen MR) is 47.0 cm³/mol. The summed E-state index contributed by atoms with van der Waals surface area (Å²) in [5.74, 6) is 0.758. The van der Waals surface area contributed by atoms with Crippen molar-refractivity contribution >= 4 is 0 Å². The Bertz CT molecular complexity index is 294. The van der Waals surface area contributed by atoms with Gasteiger partial charge < -0.3 is 4.74 Å². The van der Waals surface area contributed by atoms with E-state index in [0.717, 1.165) is 17.9 Å². The smallest absolute Gasteiger partial charge is 0.217 e. The van der Waals surface area contributed by atoms with E-state index in [4.69, 9.17) is 4.74 Å². The van der Waals surface area contributed by atoms with E-state index in [2.05, 4.69) is 25.3 Å². The first-order chi connectivity index (χ1) is 5.67. The number of ether oxygens (including phenoxy) is 1. The molecule has 2 rings (SSSR count). The van der Waals surface area contributed by atoms with E-state index in [1.807, 2.05) is 12.1 Å². The summed E-state index contributed by atoms with van der Waals surface area (Å²) >= 11 is 0. The Morgan fingerprint density at radius 1 is 1.50 bits per heavy atom. The van der Waals surface area contributed by atoms with Gasteiger partial charge in [-0.3, -0.25) is 0 Å². The number of hydrogen-bond donors (Lipinski definition) is 0. The number of hydrogen-bond acceptors (Lipinski definition) is 2. The SMILES string of the molecule is CC1(C)C[CH]c2cccnc2O1. The fourth-order valence-electron chi connectivity index (χ4n) is 1.30. The minimum Gasteiger partial charge on any atom is -0.471 e. The van der Waals surface area contributed by atoms with Crippen LogP contribution in [0, 0.1) is 6.42 Å². The molecule has 0 unspecified atom stereocenters. The number of fused-ring (bicyclic) bond motifs is 1. The molecule has 63 valence electrons. The lowest BCUT2D eigenvalue weighted by Crippen LogP contribution is -2.32. The maximum Gasteiger partial charge on any atom is 0.217 e. The molecule has 0 bridgehead atoms. The molecule has 0 aliphatic carbocycles. The second kappa shape index (κ2) is 2.47. The molecule has 1 radical (unpaired) electrons. The Labute approximate surface area is 72.6 Å². The van der Waals surface area contributed by atoms with Gasteiger partial charge in [-0.2, -0.15) is 0 Å². The summed E-state index contributed by atoms with van der Waals surface area (Å²) in [6.45, 7) is 4.14. The average molecular weight is 162 g/mol. The Morgan fingerprint density at radius 2 is 2.33 bits per heavy atom. The third-order valence-electron chi connectivity index (χ3n) is 1.99. The first-order valence-corrected chi connectivity index (χ1v) is 4.15. The quantitative estimate of drug-likeness (QED) is 0.583. The topological polar surface area (TPSA) is 22.1 Å². The molecule has 0 spiro atoms. The molecule has 12 heavy (non-hydrogen) atoms. The van der Waals surface area contributed by atoms with E-state index in [1.54, 1.807) is 6.20 Å². The van der Waals surface area contributed by atoms with E-state index in [9.17, 15) is 0 Å². The first-order valence-electron chi connectivity index (χ1n) is 4.15.